The number of halogens is 2. The normalized spacial score (nSPS) is 22.7. The molecular formula is C31H35Cl2N3O5. The predicted octanol–water partition coefficient (Wildman–Crippen LogP) is 5.67. The summed E-state index contributed by atoms with van der Waals surface area (Å²) < 4.78 is 13.7. The quantitative estimate of drug-likeness (QED) is 0.320. The van der Waals surface area contributed by atoms with E-state index in [1.165, 1.54) is 0 Å². The Morgan fingerprint density at radius 3 is 2.56 bits per heavy atom. The van der Waals surface area contributed by atoms with Crippen molar-refractivity contribution in [2.45, 2.75) is 56.8 Å². The minimum Gasteiger partial charge on any atom is -0.380 e. The van der Waals surface area contributed by atoms with Gasteiger partial charge in [-0.25, -0.2) is 0 Å². The Morgan fingerprint density at radius 1 is 1.07 bits per heavy atom. The van der Waals surface area contributed by atoms with Gasteiger partial charge < -0.3 is 29.1 Å². The molecule has 3 aromatic rings. The molecule has 1 aliphatic heterocycles. The van der Waals surface area contributed by atoms with Crippen LogP contribution in [0.3, 0.4) is 0 Å². The lowest BCUT2D eigenvalue weighted by Crippen LogP contribution is -2.40. The molecule has 1 saturated carbocycles. The summed E-state index contributed by atoms with van der Waals surface area (Å²) in [6.07, 6.45) is 7.03. The monoisotopic (exact) mass is 599 g/mol. The molecule has 2 atom stereocenters. The van der Waals surface area contributed by atoms with Gasteiger partial charge in [0.05, 0.1) is 47.6 Å². The van der Waals surface area contributed by atoms with Crippen LogP contribution in [-0.2, 0) is 32.5 Å². The number of rotatable bonds is 9. The van der Waals surface area contributed by atoms with E-state index >= 15 is 0 Å². The van der Waals surface area contributed by atoms with Crippen LogP contribution in [0, 0.1) is 5.92 Å². The summed E-state index contributed by atoms with van der Waals surface area (Å²) in [6, 6.07) is 10.8. The van der Waals surface area contributed by atoms with Crippen LogP contribution in [0.5, 0.6) is 0 Å². The highest BCUT2D eigenvalue weighted by Crippen LogP contribution is 2.32. The van der Waals surface area contributed by atoms with Crippen molar-refractivity contribution >= 4 is 57.9 Å². The van der Waals surface area contributed by atoms with E-state index < -0.39 is 0 Å². The Morgan fingerprint density at radius 2 is 1.83 bits per heavy atom. The Kier molecular flexibility index (Phi) is 9.34. The van der Waals surface area contributed by atoms with Crippen LogP contribution in [0.25, 0.3) is 10.9 Å². The summed E-state index contributed by atoms with van der Waals surface area (Å²) in [5.74, 6) is -0.256. The summed E-state index contributed by atoms with van der Waals surface area (Å²) in [7, 11) is 3.54. The fraction of sp³-hybridized carbons (Fsp3) is 0.452. The summed E-state index contributed by atoms with van der Waals surface area (Å²) in [5, 5.41) is 4.35. The number of fused-ring (bicyclic) bond motifs is 1. The number of benzene rings is 2. The number of anilines is 1. The number of hydrogen-bond donors (Lipinski definition) is 1. The molecule has 0 unspecified atom stereocenters. The number of aromatic nitrogens is 1. The third kappa shape index (κ3) is 6.61. The number of nitrogens with zero attached hydrogens (tertiary/aromatic N) is 2. The van der Waals surface area contributed by atoms with E-state index in [1.54, 1.807) is 25.4 Å². The first kappa shape index (κ1) is 29.6. The summed E-state index contributed by atoms with van der Waals surface area (Å²) in [5.41, 5.74) is 2.43. The number of carbonyl (C=O) groups excluding carboxylic acids is 3. The molecule has 2 aliphatic rings. The van der Waals surface area contributed by atoms with Gasteiger partial charge >= 0.3 is 0 Å². The number of methoxy groups -OCH3 is 1. The molecule has 2 heterocycles. The summed E-state index contributed by atoms with van der Waals surface area (Å²) in [6.45, 7) is 0.904. The van der Waals surface area contributed by atoms with Gasteiger partial charge in [-0.05, 0) is 55.9 Å². The average Bonchev–Trinajstić information content (AvgIpc) is 3.56. The van der Waals surface area contributed by atoms with Crippen LogP contribution >= 0.6 is 23.2 Å². The van der Waals surface area contributed by atoms with Crippen molar-refractivity contribution in [2.75, 3.05) is 25.6 Å². The first-order valence-electron chi connectivity index (χ1n) is 14.0. The zero-order chi connectivity index (χ0) is 29.1. The second-order valence-corrected chi connectivity index (χ2v) is 11.8. The van der Waals surface area contributed by atoms with E-state index in [9.17, 15) is 14.4 Å². The van der Waals surface area contributed by atoms with Gasteiger partial charge in [-0.3, -0.25) is 9.59 Å². The molecule has 10 heteroatoms. The van der Waals surface area contributed by atoms with Gasteiger partial charge in [0.1, 0.15) is 6.29 Å². The van der Waals surface area contributed by atoms with Gasteiger partial charge in [-0.2, -0.15) is 0 Å². The Bertz CT molecular complexity index is 1430. The smallest absolute Gasteiger partial charge is 0.257 e. The second kappa shape index (κ2) is 12.9. The van der Waals surface area contributed by atoms with Gasteiger partial charge in [0.25, 0.3) is 5.91 Å². The number of amides is 2. The van der Waals surface area contributed by atoms with E-state index in [1.807, 2.05) is 40.8 Å². The van der Waals surface area contributed by atoms with Crippen molar-refractivity contribution in [1.29, 1.82) is 0 Å². The Labute approximate surface area is 249 Å². The van der Waals surface area contributed by atoms with Gasteiger partial charge in [0.2, 0.25) is 5.91 Å². The first-order valence-corrected chi connectivity index (χ1v) is 14.8. The number of aryl methyl sites for hydroxylation is 1. The second-order valence-electron chi connectivity index (χ2n) is 11.0. The molecule has 0 spiro atoms. The van der Waals surface area contributed by atoms with Crippen LogP contribution in [-0.4, -0.2) is 66.1 Å². The molecular weight excluding hydrogens is 565 g/mol. The number of para-hydroxylation sites is 1. The minimum atomic E-state index is -0.297. The number of likely N-dealkylation sites (tertiary alicyclic amines) is 1. The molecule has 5 rings (SSSR count). The molecule has 0 radical (unpaired) electrons. The maximum absolute atomic E-state index is 13.5. The number of hydrogen-bond acceptors (Lipinski definition) is 5. The predicted molar refractivity (Wildman–Crippen MR) is 160 cm³/mol. The van der Waals surface area contributed by atoms with Crippen LogP contribution in [0.1, 0.15) is 48.0 Å². The van der Waals surface area contributed by atoms with E-state index in [0.717, 1.165) is 42.9 Å². The number of nitrogens with one attached hydrogen (secondary N) is 1. The molecule has 8 nitrogen and oxygen atoms in total. The minimum absolute atomic E-state index is 0.0630. The topological polar surface area (TPSA) is 89.9 Å². The maximum atomic E-state index is 13.5. The van der Waals surface area contributed by atoms with Crippen molar-refractivity contribution in [3.05, 3.63) is 63.8 Å². The average molecular weight is 601 g/mol. The number of aldehydes is 1. The largest absolute Gasteiger partial charge is 0.380 e. The van der Waals surface area contributed by atoms with Gasteiger partial charge in [0, 0.05) is 48.7 Å². The molecule has 2 aromatic carbocycles. The van der Waals surface area contributed by atoms with Gasteiger partial charge in [-0.1, -0.05) is 41.4 Å². The molecule has 1 N–H and O–H groups in total. The van der Waals surface area contributed by atoms with Crippen LogP contribution in [0.2, 0.25) is 10.0 Å². The van der Waals surface area contributed by atoms with Crippen molar-refractivity contribution in [3.63, 3.8) is 0 Å². The fourth-order valence-corrected chi connectivity index (χ4v) is 6.41. The zero-order valence-corrected chi connectivity index (χ0v) is 24.8. The number of ether oxygens (including phenoxy) is 2. The maximum Gasteiger partial charge on any atom is 0.257 e. The molecule has 2 fully saturated rings. The van der Waals surface area contributed by atoms with Crippen molar-refractivity contribution in [1.82, 2.24) is 9.47 Å². The molecule has 218 valence electrons. The number of carbonyl (C=O) groups is 3. The summed E-state index contributed by atoms with van der Waals surface area (Å²) >= 11 is 13.2. The zero-order valence-electron chi connectivity index (χ0n) is 23.3. The third-order valence-corrected chi connectivity index (χ3v) is 9.00. The Balaban J connectivity index is 1.24. The van der Waals surface area contributed by atoms with Gasteiger partial charge in [0.15, 0.2) is 0 Å². The van der Waals surface area contributed by atoms with Gasteiger partial charge in [-0.15, -0.1) is 0 Å². The summed E-state index contributed by atoms with van der Waals surface area (Å²) in [4.78, 5) is 39.4. The van der Waals surface area contributed by atoms with E-state index in [2.05, 4.69) is 5.32 Å². The first-order chi connectivity index (χ1) is 19.8. The SMILES string of the molecule is CO[C@H]1C[C@@H](COC2CCC(C=O)CC2)N(C(=O)Cc2cc(Cl)c(NC(=O)c3cn(C)c4ccccc34)cc2Cl)C1. The highest BCUT2D eigenvalue weighted by molar-refractivity contribution is 6.36. The standard InChI is InChI=1S/C31H35Cl2N3O5/c1-35-16-25(24-5-3-4-6-29(24)35)31(39)34-28-14-26(32)20(11-27(28)33)12-30(38)36-15-23(40-2)13-21(36)18-41-22-9-7-19(17-37)8-10-22/h3-6,11,14,16-17,19,21-23H,7-10,12-13,15,18H2,1-2H3,(H,34,39)/t19?,21-,22?,23-/m0/s1. The van der Waals surface area contributed by atoms with Crippen LogP contribution < -0.4 is 5.32 Å². The third-order valence-electron chi connectivity index (χ3n) is 8.33. The molecule has 2 amide bonds. The lowest BCUT2D eigenvalue weighted by atomic mass is 9.88. The highest BCUT2D eigenvalue weighted by Gasteiger charge is 2.36. The highest BCUT2D eigenvalue weighted by atomic mass is 35.5. The Hall–Kier alpha value is -2.91. The molecule has 0 bridgehead atoms. The van der Waals surface area contributed by atoms with E-state index in [4.69, 9.17) is 32.7 Å². The molecule has 41 heavy (non-hydrogen) atoms. The molecule has 1 saturated heterocycles. The lowest BCUT2D eigenvalue weighted by molar-refractivity contribution is -0.133. The van der Waals surface area contributed by atoms with Crippen molar-refractivity contribution in [3.8, 4) is 0 Å². The molecule has 1 aliphatic carbocycles. The van der Waals surface area contributed by atoms with Crippen molar-refractivity contribution < 1.29 is 23.9 Å². The fourth-order valence-electron chi connectivity index (χ4n) is 5.94. The van der Waals surface area contributed by atoms with E-state index in [0.29, 0.717) is 46.4 Å². The molecule has 1 aromatic heterocycles. The van der Waals surface area contributed by atoms with Crippen LogP contribution in [0.15, 0.2) is 42.6 Å². The van der Waals surface area contributed by atoms with Crippen LogP contribution in [0.4, 0.5) is 5.69 Å². The lowest BCUT2D eigenvalue weighted by Gasteiger charge is -2.29. The van der Waals surface area contributed by atoms with Crippen molar-refractivity contribution in [2.24, 2.45) is 13.0 Å². The van der Waals surface area contributed by atoms with E-state index in [-0.39, 0.29) is 42.4 Å².